The monoisotopic (exact) mass is 381 g/mol. The van der Waals surface area contributed by atoms with Crippen LogP contribution < -0.4 is 5.32 Å². The van der Waals surface area contributed by atoms with Crippen LogP contribution in [0.5, 0.6) is 0 Å². The summed E-state index contributed by atoms with van der Waals surface area (Å²) in [7, 11) is 0. The molecular weight excluding hydrogens is 354 g/mol. The quantitative estimate of drug-likeness (QED) is 0.771. The van der Waals surface area contributed by atoms with Gasteiger partial charge in [-0.3, -0.25) is 4.79 Å². The molecule has 2 aliphatic rings. The third kappa shape index (κ3) is 5.38. The van der Waals surface area contributed by atoms with E-state index in [1.54, 1.807) is 11.3 Å². The summed E-state index contributed by atoms with van der Waals surface area (Å²) in [4.78, 5) is 30.1. The number of amides is 3. The molecule has 0 aromatic carbocycles. The Bertz CT molecular complexity index is 559. The number of urea groups is 1. The molecule has 1 N–H and O–H groups in total. The molecule has 0 aliphatic carbocycles. The molecule has 7 heteroatoms. The SMILES string of the molecule is O=C(NCCSCc1cccs1)[C@@H]1CCCN(C(=O)N2CCCC2)C1. The van der Waals surface area contributed by atoms with Crippen LogP contribution in [-0.4, -0.2) is 60.2 Å². The molecule has 0 unspecified atom stereocenters. The minimum atomic E-state index is -0.0531. The molecule has 0 saturated carbocycles. The summed E-state index contributed by atoms with van der Waals surface area (Å²) in [6.07, 6.45) is 4.02. The second kappa shape index (κ2) is 9.48. The predicted molar refractivity (Wildman–Crippen MR) is 104 cm³/mol. The summed E-state index contributed by atoms with van der Waals surface area (Å²) in [5.41, 5.74) is 0. The van der Waals surface area contributed by atoms with E-state index in [0.717, 1.165) is 56.8 Å². The molecule has 5 nitrogen and oxygen atoms in total. The molecule has 0 bridgehead atoms. The highest BCUT2D eigenvalue weighted by Gasteiger charge is 2.31. The zero-order valence-corrected chi connectivity index (χ0v) is 16.2. The normalized spacial score (nSPS) is 20.7. The number of rotatable bonds is 6. The van der Waals surface area contributed by atoms with Gasteiger partial charge in [-0.25, -0.2) is 4.79 Å². The van der Waals surface area contributed by atoms with E-state index >= 15 is 0 Å². The number of likely N-dealkylation sites (tertiary alicyclic amines) is 2. The van der Waals surface area contributed by atoms with E-state index in [4.69, 9.17) is 0 Å². The highest BCUT2D eigenvalue weighted by atomic mass is 32.2. The van der Waals surface area contributed by atoms with Crippen molar-refractivity contribution in [1.82, 2.24) is 15.1 Å². The second-order valence-corrected chi connectivity index (χ2v) is 8.82. The van der Waals surface area contributed by atoms with Crippen molar-refractivity contribution in [2.24, 2.45) is 5.92 Å². The molecule has 3 heterocycles. The minimum Gasteiger partial charge on any atom is -0.355 e. The van der Waals surface area contributed by atoms with Crippen molar-refractivity contribution in [1.29, 1.82) is 0 Å². The number of thiophene rings is 1. The number of carbonyl (C=O) groups is 2. The van der Waals surface area contributed by atoms with Gasteiger partial charge in [0.05, 0.1) is 5.92 Å². The van der Waals surface area contributed by atoms with E-state index < -0.39 is 0 Å². The van der Waals surface area contributed by atoms with Crippen LogP contribution in [0.15, 0.2) is 17.5 Å². The molecule has 2 fully saturated rings. The number of hydrogen-bond donors (Lipinski definition) is 1. The fraction of sp³-hybridized carbons (Fsp3) is 0.667. The minimum absolute atomic E-state index is 0.0531. The first-order valence-electron chi connectivity index (χ1n) is 9.16. The summed E-state index contributed by atoms with van der Waals surface area (Å²) in [6.45, 7) is 3.80. The number of piperidine rings is 1. The van der Waals surface area contributed by atoms with Crippen LogP contribution >= 0.6 is 23.1 Å². The van der Waals surface area contributed by atoms with Gasteiger partial charge in [0.25, 0.3) is 0 Å². The fourth-order valence-corrected chi connectivity index (χ4v) is 5.13. The Morgan fingerprint density at radius 1 is 1.20 bits per heavy atom. The van der Waals surface area contributed by atoms with Crippen molar-refractivity contribution < 1.29 is 9.59 Å². The van der Waals surface area contributed by atoms with Crippen LogP contribution in [0.4, 0.5) is 4.79 Å². The molecule has 2 aliphatic heterocycles. The lowest BCUT2D eigenvalue weighted by atomic mass is 9.97. The molecule has 25 heavy (non-hydrogen) atoms. The van der Waals surface area contributed by atoms with Crippen LogP contribution in [0, 0.1) is 5.92 Å². The Labute approximate surface area is 158 Å². The van der Waals surface area contributed by atoms with Gasteiger partial charge >= 0.3 is 6.03 Å². The molecular formula is C18H27N3O2S2. The van der Waals surface area contributed by atoms with Gasteiger partial charge < -0.3 is 15.1 Å². The summed E-state index contributed by atoms with van der Waals surface area (Å²) in [6, 6.07) is 4.34. The van der Waals surface area contributed by atoms with Crippen molar-refractivity contribution in [3.63, 3.8) is 0 Å². The van der Waals surface area contributed by atoms with Crippen molar-refractivity contribution in [3.05, 3.63) is 22.4 Å². The first-order chi connectivity index (χ1) is 12.2. The van der Waals surface area contributed by atoms with Gasteiger partial charge in [0.2, 0.25) is 5.91 Å². The Morgan fingerprint density at radius 2 is 2.00 bits per heavy atom. The van der Waals surface area contributed by atoms with E-state index in [0.29, 0.717) is 13.1 Å². The third-order valence-corrected chi connectivity index (χ3v) is 6.88. The van der Waals surface area contributed by atoms with Gasteiger partial charge in [-0.15, -0.1) is 11.3 Å². The molecule has 1 aromatic rings. The third-order valence-electron chi connectivity index (χ3n) is 4.81. The lowest BCUT2D eigenvalue weighted by Crippen LogP contribution is -2.49. The molecule has 0 radical (unpaired) electrons. The van der Waals surface area contributed by atoms with Crippen molar-refractivity contribution in [2.45, 2.75) is 31.4 Å². The number of carbonyl (C=O) groups excluding carboxylic acids is 2. The zero-order chi connectivity index (χ0) is 17.5. The van der Waals surface area contributed by atoms with E-state index in [-0.39, 0.29) is 17.9 Å². The average molecular weight is 382 g/mol. The van der Waals surface area contributed by atoms with E-state index in [1.807, 2.05) is 21.6 Å². The first kappa shape index (κ1) is 18.6. The summed E-state index contributed by atoms with van der Waals surface area (Å²) in [5.74, 6) is 1.99. The van der Waals surface area contributed by atoms with Gasteiger partial charge in [0.15, 0.2) is 0 Å². The van der Waals surface area contributed by atoms with Gasteiger partial charge in [-0.1, -0.05) is 6.07 Å². The highest BCUT2D eigenvalue weighted by Crippen LogP contribution is 2.20. The molecule has 1 aromatic heterocycles. The Kier molecular flexibility index (Phi) is 7.04. The van der Waals surface area contributed by atoms with E-state index in [2.05, 4.69) is 22.8 Å². The van der Waals surface area contributed by atoms with E-state index in [9.17, 15) is 9.59 Å². The number of thioether (sulfide) groups is 1. The second-order valence-electron chi connectivity index (χ2n) is 6.68. The van der Waals surface area contributed by atoms with Crippen LogP contribution in [0.25, 0.3) is 0 Å². The van der Waals surface area contributed by atoms with Crippen molar-refractivity contribution >= 4 is 35.0 Å². The Balaban J connectivity index is 1.35. The molecule has 0 spiro atoms. The van der Waals surface area contributed by atoms with Gasteiger partial charge in [0, 0.05) is 49.1 Å². The Hall–Kier alpha value is -1.21. The van der Waals surface area contributed by atoms with Crippen molar-refractivity contribution in [2.75, 3.05) is 38.5 Å². The number of nitrogens with zero attached hydrogens (tertiary/aromatic N) is 2. The number of nitrogens with one attached hydrogen (secondary N) is 1. The highest BCUT2D eigenvalue weighted by molar-refractivity contribution is 7.98. The maximum Gasteiger partial charge on any atom is 0.320 e. The topological polar surface area (TPSA) is 52.7 Å². The molecule has 138 valence electrons. The molecule has 2 saturated heterocycles. The molecule has 3 amide bonds. The smallest absolute Gasteiger partial charge is 0.320 e. The van der Waals surface area contributed by atoms with Crippen LogP contribution in [-0.2, 0) is 10.5 Å². The van der Waals surface area contributed by atoms with Gasteiger partial charge in [-0.05, 0) is 37.1 Å². The molecule has 1 atom stereocenters. The maximum absolute atomic E-state index is 12.5. The Morgan fingerprint density at radius 3 is 2.76 bits per heavy atom. The lowest BCUT2D eigenvalue weighted by molar-refractivity contribution is -0.126. The van der Waals surface area contributed by atoms with Crippen LogP contribution in [0.3, 0.4) is 0 Å². The summed E-state index contributed by atoms with van der Waals surface area (Å²) in [5, 5.41) is 5.15. The lowest BCUT2D eigenvalue weighted by Gasteiger charge is -2.34. The average Bonchev–Trinajstić information content (AvgIpc) is 3.34. The van der Waals surface area contributed by atoms with Crippen molar-refractivity contribution in [3.8, 4) is 0 Å². The summed E-state index contributed by atoms with van der Waals surface area (Å²) >= 11 is 3.62. The van der Waals surface area contributed by atoms with Crippen LogP contribution in [0.2, 0.25) is 0 Å². The maximum atomic E-state index is 12.5. The van der Waals surface area contributed by atoms with Gasteiger partial charge in [-0.2, -0.15) is 11.8 Å². The zero-order valence-electron chi connectivity index (χ0n) is 14.6. The van der Waals surface area contributed by atoms with Gasteiger partial charge in [0.1, 0.15) is 0 Å². The standard InChI is InChI=1S/C18H27N3O2S2/c22-17(19-7-12-24-14-16-6-4-11-25-16)15-5-3-10-21(13-15)18(23)20-8-1-2-9-20/h4,6,11,15H,1-3,5,7-10,12-14H2,(H,19,22)/t15-/m1/s1. The molecule has 3 rings (SSSR count). The van der Waals surface area contributed by atoms with Crippen LogP contribution in [0.1, 0.15) is 30.6 Å². The summed E-state index contributed by atoms with van der Waals surface area (Å²) < 4.78 is 0. The predicted octanol–water partition coefficient (Wildman–Crippen LogP) is 3.03. The van der Waals surface area contributed by atoms with E-state index in [1.165, 1.54) is 4.88 Å². The number of hydrogen-bond acceptors (Lipinski definition) is 4. The largest absolute Gasteiger partial charge is 0.355 e. The fourth-order valence-electron chi connectivity index (χ4n) is 3.43. The first-order valence-corrected chi connectivity index (χ1v) is 11.2.